The van der Waals surface area contributed by atoms with E-state index in [1.54, 1.807) is 0 Å². The van der Waals surface area contributed by atoms with Gasteiger partial charge in [-0.2, -0.15) is 0 Å². The van der Waals surface area contributed by atoms with Crippen LogP contribution in [0.25, 0.3) is 94.8 Å². The summed E-state index contributed by atoms with van der Waals surface area (Å²) in [5.74, 6) is 2.57. The molecule has 5 heteroatoms. The van der Waals surface area contributed by atoms with Crippen LogP contribution in [0.4, 0.5) is 0 Å². The van der Waals surface area contributed by atoms with E-state index in [0.717, 1.165) is 72.2 Å². The number of benzene rings is 8. The number of para-hydroxylation sites is 1. The fourth-order valence-corrected chi connectivity index (χ4v) is 9.03. The molecule has 1 aliphatic carbocycles. The maximum Gasteiger partial charge on any atom is 0.164 e. The standard InChI is InChI=1S/C57H37N3O2/c1-4-14-36(15-5-1)39-20-12-21-41(30-39)55-58-56(42-27-29-51-49(34-42)46-22-10-11-24-50(46)61-51)60-57(59-55)48-23-13-25-52-54(48)47-28-26-40(35-53(47)62-52)45-32-43(37-16-6-2-7-17-37)31-44(33-45)38-18-8-3-9-19-38/h1-35,52,54H. The molecule has 62 heavy (non-hydrogen) atoms. The summed E-state index contributed by atoms with van der Waals surface area (Å²) in [6, 6.07) is 67.8. The zero-order valence-electron chi connectivity index (χ0n) is 33.5. The van der Waals surface area contributed by atoms with Gasteiger partial charge in [-0.25, -0.2) is 15.0 Å². The van der Waals surface area contributed by atoms with E-state index in [-0.39, 0.29) is 12.0 Å². The lowest BCUT2D eigenvalue weighted by Crippen LogP contribution is -2.20. The van der Waals surface area contributed by atoms with Crippen molar-refractivity contribution in [2.24, 2.45) is 0 Å². The van der Waals surface area contributed by atoms with Crippen molar-refractivity contribution in [3.8, 4) is 73.0 Å². The van der Waals surface area contributed by atoms with Crippen molar-refractivity contribution in [2.45, 2.75) is 12.0 Å². The van der Waals surface area contributed by atoms with Crippen LogP contribution in [-0.2, 0) is 0 Å². The molecule has 2 unspecified atom stereocenters. The Kier molecular flexibility index (Phi) is 8.56. The largest absolute Gasteiger partial charge is 0.485 e. The molecule has 12 rings (SSSR count). The lowest BCUT2D eigenvalue weighted by atomic mass is 9.83. The van der Waals surface area contributed by atoms with Crippen molar-refractivity contribution in [3.63, 3.8) is 0 Å². The SMILES string of the molecule is C1=CC2Oc3cc(-c4cc(-c5ccccc5)cc(-c5ccccc5)c4)ccc3C2C(c2nc(-c3cccc(-c4ccccc4)c3)nc(-c3ccc4oc5ccccc5c4c3)n2)=C1. The topological polar surface area (TPSA) is 61.0 Å². The molecule has 0 spiro atoms. The van der Waals surface area contributed by atoms with Crippen LogP contribution in [0.5, 0.6) is 5.75 Å². The van der Waals surface area contributed by atoms with Crippen molar-refractivity contribution in [3.05, 3.63) is 224 Å². The summed E-state index contributed by atoms with van der Waals surface area (Å²) < 4.78 is 13.0. The summed E-state index contributed by atoms with van der Waals surface area (Å²) in [4.78, 5) is 15.7. The minimum atomic E-state index is -0.213. The average molecular weight is 796 g/mol. The van der Waals surface area contributed by atoms with Gasteiger partial charge >= 0.3 is 0 Å². The van der Waals surface area contributed by atoms with Gasteiger partial charge in [-0.05, 0) is 105 Å². The normalized spacial score (nSPS) is 15.3. The lowest BCUT2D eigenvalue weighted by Gasteiger charge is -2.22. The molecule has 0 saturated carbocycles. The van der Waals surface area contributed by atoms with Crippen LogP contribution < -0.4 is 4.74 Å². The van der Waals surface area contributed by atoms with E-state index < -0.39 is 0 Å². The van der Waals surface area contributed by atoms with Crippen LogP contribution in [-0.4, -0.2) is 21.1 Å². The fourth-order valence-electron chi connectivity index (χ4n) is 9.03. The molecule has 5 nitrogen and oxygen atoms in total. The van der Waals surface area contributed by atoms with Gasteiger partial charge in [0.1, 0.15) is 23.0 Å². The van der Waals surface area contributed by atoms with Gasteiger partial charge in [0, 0.05) is 33.0 Å². The van der Waals surface area contributed by atoms with E-state index in [1.807, 2.05) is 36.4 Å². The van der Waals surface area contributed by atoms with Crippen LogP contribution in [0.1, 0.15) is 17.3 Å². The fraction of sp³-hybridized carbons (Fsp3) is 0.0351. The Hall–Kier alpha value is -8.15. The second kappa shape index (κ2) is 14.8. The van der Waals surface area contributed by atoms with Crippen molar-refractivity contribution in [1.82, 2.24) is 15.0 Å². The number of furan rings is 1. The molecule has 0 fully saturated rings. The number of rotatable bonds is 7. The highest BCUT2D eigenvalue weighted by Gasteiger charge is 2.39. The van der Waals surface area contributed by atoms with Gasteiger partial charge in [-0.1, -0.05) is 152 Å². The van der Waals surface area contributed by atoms with E-state index in [1.165, 1.54) is 22.3 Å². The van der Waals surface area contributed by atoms with Crippen molar-refractivity contribution in [2.75, 3.05) is 0 Å². The van der Waals surface area contributed by atoms with E-state index in [4.69, 9.17) is 24.1 Å². The molecule has 0 radical (unpaired) electrons. The first-order valence-corrected chi connectivity index (χ1v) is 21.0. The van der Waals surface area contributed by atoms with E-state index >= 15 is 0 Å². The Labute approximate surface area is 359 Å². The smallest absolute Gasteiger partial charge is 0.164 e. The molecule has 10 aromatic rings. The minimum absolute atomic E-state index is 0.112. The number of hydrogen-bond donors (Lipinski definition) is 0. The van der Waals surface area contributed by atoms with Crippen LogP contribution in [0, 0.1) is 0 Å². The molecule has 2 aliphatic rings. The highest BCUT2D eigenvalue weighted by atomic mass is 16.5. The third-order valence-corrected chi connectivity index (χ3v) is 12.1. The minimum Gasteiger partial charge on any atom is -0.485 e. The Balaban J connectivity index is 0.969. The first kappa shape index (κ1) is 35.8. The predicted molar refractivity (Wildman–Crippen MR) is 250 cm³/mol. The number of ether oxygens (including phenoxy) is 1. The zero-order valence-corrected chi connectivity index (χ0v) is 33.5. The van der Waals surface area contributed by atoms with Crippen molar-refractivity contribution >= 4 is 27.5 Å². The first-order valence-electron chi connectivity index (χ1n) is 21.0. The molecule has 3 heterocycles. The number of fused-ring (bicyclic) bond motifs is 6. The van der Waals surface area contributed by atoms with Crippen LogP contribution in [0.2, 0.25) is 0 Å². The van der Waals surface area contributed by atoms with Gasteiger partial charge in [-0.15, -0.1) is 0 Å². The molecule has 2 atom stereocenters. The third-order valence-electron chi connectivity index (χ3n) is 12.1. The molecule has 0 saturated heterocycles. The number of aromatic nitrogens is 3. The Morgan fingerprint density at radius 3 is 1.60 bits per heavy atom. The molecule has 8 aromatic carbocycles. The maximum absolute atomic E-state index is 6.82. The highest BCUT2D eigenvalue weighted by molar-refractivity contribution is 6.06. The molecule has 2 aromatic heterocycles. The molecule has 0 N–H and O–H groups in total. The van der Waals surface area contributed by atoms with Gasteiger partial charge < -0.3 is 9.15 Å². The Morgan fingerprint density at radius 2 is 0.887 bits per heavy atom. The Morgan fingerprint density at radius 1 is 0.371 bits per heavy atom. The van der Waals surface area contributed by atoms with Gasteiger partial charge in [0.2, 0.25) is 0 Å². The molecule has 1 aliphatic heterocycles. The number of allylic oxidation sites excluding steroid dienone is 2. The highest BCUT2D eigenvalue weighted by Crippen LogP contribution is 2.49. The number of hydrogen-bond acceptors (Lipinski definition) is 5. The predicted octanol–water partition coefficient (Wildman–Crippen LogP) is 14.3. The van der Waals surface area contributed by atoms with Crippen LogP contribution >= 0.6 is 0 Å². The van der Waals surface area contributed by atoms with Crippen LogP contribution in [0.15, 0.2) is 217 Å². The second-order valence-corrected chi connectivity index (χ2v) is 15.9. The van der Waals surface area contributed by atoms with Crippen molar-refractivity contribution in [1.29, 1.82) is 0 Å². The van der Waals surface area contributed by atoms with E-state index in [2.05, 4.69) is 176 Å². The second-order valence-electron chi connectivity index (χ2n) is 15.9. The van der Waals surface area contributed by atoms with E-state index in [9.17, 15) is 0 Å². The summed E-state index contributed by atoms with van der Waals surface area (Å²) in [6.45, 7) is 0. The first-order chi connectivity index (χ1) is 30.7. The summed E-state index contributed by atoms with van der Waals surface area (Å²) in [5.41, 5.74) is 14.7. The van der Waals surface area contributed by atoms with Crippen molar-refractivity contribution < 1.29 is 9.15 Å². The van der Waals surface area contributed by atoms with Gasteiger partial charge in [0.05, 0.1) is 5.92 Å². The molecular weight excluding hydrogens is 759 g/mol. The molecule has 0 amide bonds. The average Bonchev–Trinajstić information content (AvgIpc) is 3.92. The summed E-state index contributed by atoms with van der Waals surface area (Å²) in [6.07, 6.45) is 6.14. The van der Waals surface area contributed by atoms with Gasteiger partial charge in [0.25, 0.3) is 0 Å². The summed E-state index contributed by atoms with van der Waals surface area (Å²) in [5, 5.41) is 2.08. The molecular formula is C57H37N3O2. The monoisotopic (exact) mass is 795 g/mol. The maximum atomic E-state index is 6.82. The van der Waals surface area contributed by atoms with Gasteiger partial charge in [0.15, 0.2) is 17.5 Å². The summed E-state index contributed by atoms with van der Waals surface area (Å²) >= 11 is 0. The van der Waals surface area contributed by atoms with Gasteiger partial charge in [-0.3, -0.25) is 0 Å². The lowest BCUT2D eigenvalue weighted by molar-refractivity contribution is 0.271. The molecule has 0 bridgehead atoms. The number of nitrogens with zero attached hydrogens (tertiary/aromatic N) is 3. The quantitative estimate of drug-likeness (QED) is 0.161. The Bertz CT molecular complexity index is 3330. The third kappa shape index (κ3) is 6.39. The molecule has 292 valence electrons. The summed E-state index contributed by atoms with van der Waals surface area (Å²) in [7, 11) is 0. The van der Waals surface area contributed by atoms with Crippen LogP contribution in [0.3, 0.4) is 0 Å². The van der Waals surface area contributed by atoms with E-state index in [0.29, 0.717) is 17.5 Å². The zero-order chi connectivity index (χ0) is 41.0.